The van der Waals surface area contributed by atoms with Crippen LogP contribution in [0.3, 0.4) is 0 Å². The minimum absolute atomic E-state index is 0.316. The van der Waals surface area contributed by atoms with E-state index in [1.165, 1.54) is 16.7 Å². The monoisotopic (exact) mass is 432 g/mol. The molecule has 32 heavy (non-hydrogen) atoms. The molecule has 0 saturated heterocycles. The predicted molar refractivity (Wildman–Crippen MR) is 142 cm³/mol. The first-order valence-corrected chi connectivity index (χ1v) is 11.0. The van der Waals surface area contributed by atoms with Crippen LogP contribution in [0, 0.1) is 0 Å². The standard InChI is InChI=1S/C30H40O2/c1-24(2)14-10-17-27(5)20-11-18-25(3)15-8-9-16-26(4)19-12-21-28(6)22-13-23-29(7)30(31)32/h8-9,11-16,18-23H,10,17H2,1-7H3,(H,31,32)/b9-8+,18-11+,19-12+,22-13+,25-15+,26-16+,27-20+,28-21+,29-23+. The fourth-order valence-electron chi connectivity index (χ4n) is 2.38. The molecule has 0 unspecified atom stereocenters. The first kappa shape index (κ1) is 28.9. The average Bonchev–Trinajstić information content (AvgIpc) is 2.70. The maximum absolute atomic E-state index is 10.7. The molecule has 0 spiro atoms. The van der Waals surface area contributed by atoms with E-state index in [9.17, 15) is 4.79 Å². The van der Waals surface area contributed by atoms with Crippen molar-refractivity contribution in [3.8, 4) is 0 Å². The molecule has 0 rings (SSSR count). The molecule has 2 heteroatoms. The molecular formula is C30H40O2. The molecule has 0 radical (unpaired) electrons. The molecule has 0 bridgehead atoms. The van der Waals surface area contributed by atoms with Crippen molar-refractivity contribution in [2.45, 2.75) is 61.3 Å². The van der Waals surface area contributed by atoms with Crippen LogP contribution in [0.5, 0.6) is 0 Å². The first-order valence-electron chi connectivity index (χ1n) is 11.0. The van der Waals surface area contributed by atoms with Crippen LogP contribution in [-0.2, 0) is 4.79 Å². The van der Waals surface area contributed by atoms with Gasteiger partial charge in [0.15, 0.2) is 0 Å². The van der Waals surface area contributed by atoms with E-state index in [2.05, 4.69) is 71.1 Å². The summed E-state index contributed by atoms with van der Waals surface area (Å²) in [7, 11) is 0. The molecule has 0 atom stereocenters. The maximum atomic E-state index is 10.7. The third-order valence-electron chi connectivity index (χ3n) is 4.42. The van der Waals surface area contributed by atoms with Crippen LogP contribution in [-0.4, -0.2) is 11.1 Å². The third-order valence-corrected chi connectivity index (χ3v) is 4.42. The van der Waals surface area contributed by atoms with Crippen molar-refractivity contribution < 1.29 is 9.90 Å². The second kappa shape index (κ2) is 17.5. The largest absolute Gasteiger partial charge is 0.478 e. The van der Waals surface area contributed by atoms with E-state index in [1.54, 1.807) is 19.1 Å². The van der Waals surface area contributed by atoms with E-state index < -0.39 is 5.97 Å². The van der Waals surface area contributed by atoms with Gasteiger partial charge in [-0.05, 0) is 61.3 Å². The topological polar surface area (TPSA) is 37.3 Å². The Hall–Kier alpha value is -3.13. The maximum Gasteiger partial charge on any atom is 0.331 e. The molecule has 0 aliphatic carbocycles. The van der Waals surface area contributed by atoms with Crippen LogP contribution in [0.1, 0.15) is 61.3 Å². The molecule has 172 valence electrons. The summed E-state index contributed by atoms with van der Waals surface area (Å²) in [4.78, 5) is 10.7. The van der Waals surface area contributed by atoms with Crippen molar-refractivity contribution in [3.05, 3.63) is 119 Å². The Morgan fingerprint density at radius 3 is 1.53 bits per heavy atom. The molecule has 0 aromatic heterocycles. The number of carbonyl (C=O) groups is 1. The third kappa shape index (κ3) is 17.7. The number of hydrogen-bond donors (Lipinski definition) is 1. The molecule has 0 aliphatic rings. The number of rotatable bonds is 12. The van der Waals surface area contributed by atoms with E-state index in [-0.39, 0.29) is 0 Å². The minimum atomic E-state index is -0.899. The molecule has 1 N–H and O–H groups in total. The zero-order chi connectivity index (χ0) is 24.4. The fourth-order valence-corrected chi connectivity index (χ4v) is 2.38. The fraction of sp³-hybridized carbons (Fsp3) is 0.300. The Kier molecular flexibility index (Phi) is 15.8. The van der Waals surface area contributed by atoms with Gasteiger partial charge in [0, 0.05) is 5.57 Å². The van der Waals surface area contributed by atoms with Crippen LogP contribution >= 0.6 is 0 Å². The van der Waals surface area contributed by atoms with Gasteiger partial charge in [-0.1, -0.05) is 113 Å². The van der Waals surface area contributed by atoms with Crippen LogP contribution in [0.2, 0.25) is 0 Å². The summed E-state index contributed by atoms with van der Waals surface area (Å²) in [5, 5.41) is 8.82. The number of hydrogen-bond acceptors (Lipinski definition) is 1. The molecule has 0 aromatic rings. The van der Waals surface area contributed by atoms with Gasteiger partial charge in [-0.3, -0.25) is 0 Å². The lowest BCUT2D eigenvalue weighted by atomic mass is 10.1. The van der Waals surface area contributed by atoms with E-state index in [1.807, 2.05) is 43.4 Å². The highest BCUT2D eigenvalue weighted by Gasteiger charge is 1.95. The highest BCUT2D eigenvalue weighted by atomic mass is 16.4. The van der Waals surface area contributed by atoms with E-state index >= 15 is 0 Å². The lowest BCUT2D eigenvalue weighted by Gasteiger charge is -1.96. The molecular weight excluding hydrogens is 392 g/mol. The van der Waals surface area contributed by atoms with Crippen molar-refractivity contribution in [3.63, 3.8) is 0 Å². The van der Waals surface area contributed by atoms with E-state index in [4.69, 9.17) is 5.11 Å². The van der Waals surface area contributed by atoms with Gasteiger partial charge >= 0.3 is 5.97 Å². The van der Waals surface area contributed by atoms with Crippen molar-refractivity contribution in [1.82, 2.24) is 0 Å². The second-order valence-corrected chi connectivity index (χ2v) is 8.18. The zero-order valence-electron chi connectivity index (χ0n) is 20.9. The van der Waals surface area contributed by atoms with Crippen LogP contribution < -0.4 is 0 Å². The molecule has 0 aromatic carbocycles. The second-order valence-electron chi connectivity index (χ2n) is 8.18. The van der Waals surface area contributed by atoms with Crippen LogP contribution in [0.15, 0.2) is 119 Å². The molecule has 0 heterocycles. The number of carboxylic acids is 1. The number of carboxylic acid groups (broad SMARTS) is 1. The molecule has 0 amide bonds. The van der Waals surface area contributed by atoms with E-state index in [0.717, 1.165) is 24.0 Å². The van der Waals surface area contributed by atoms with Crippen molar-refractivity contribution in [1.29, 1.82) is 0 Å². The van der Waals surface area contributed by atoms with Crippen molar-refractivity contribution in [2.75, 3.05) is 0 Å². The Labute approximate surface area is 195 Å². The summed E-state index contributed by atoms with van der Waals surface area (Å²) >= 11 is 0. The Bertz CT molecular complexity index is 900. The normalized spacial score (nSPS) is 15.0. The van der Waals surface area contributed by atoms with Crippen molar-refractivity contribution in [2.24, 2.45) is 0 Å². The van der Waals surface area contributed by atoms with Crippen LogP contribution in [0.4, 0.5) is 0 Å². The summed E-state index contributed by atoms with van der Waals surface area (Å²) in [6, 6.07) is 0. The van der Waals surface area contributed by atoms with Crippen LogP contribution in [0.25, 0.3) is 0 Å². The van der Waals surface area contributed by atoms with Gasteiger partial charge in [0.2, 0.25) is 0 Å². The first-order chi connectivity index (χ1) is 15.1. The Morgan fingerprint density at radius 1 is 0.625 bits per heavy atom. The number of allylic oxidation sites excluding steroid dienone is 19. The van der Waals surface area contributed by atoms with Gasteiger partial charge < -0.3 is 5.11 Å². The quantitative estimate of drug-likeness (QED) is 0.190. The molecule has 0 aliphatic heterocycles. The highest BCUT2D eigenvalue weighted by molar-refractivity contribution is 5.86. The summed E-state index contributed by atoms with van der Waals surface area (Å²) < 4.78 is 0. The van der Waals surface area contributed by atoms with Gasteiger partial charge in [0.25, 0.3) is 0 Å². The smallest absolute Gasteiger partial charge is 0.331 e. The van der Waals surface area contributed by atoms with Crippen molar-refractivity contribution >= 4 is 5.97 Å². The minimum Gasteiger partial charge on any atom is -0.478 e. The Morgan fingerprint density at radius 2 is 1.06 bits per heavy atom. The zero-order valence-corrected chi connectivity index (χ0v) is 20.9. The van der Waals surface area contributed by atoms with Gasteiger partial charge in [0.1, 0.15) is 0 Å². The highest BCUT2D eigenvalue weighted by Crippen LogP contribution is 2.07. The lowest BCUT2D eigenvalue weighted by Crippen LogP contribution is -1.94. The summed E-state index contributed by atoms with van der Waals surface area (Å²) in [5.74, 6) is -0.899. The summed E-state index contributed by atoms with van der Waals surface area (Å²) in [6.45, 7) is 14.1. The number of aliphatic carboxylic acids is 1. The van der Waals surface area contributed by atoms with Gasteiger partial charge in [-0.2, -0.15) is 0 Å². The summed E-state index contributed by atoms with van der Waals surface area (Å²) in [5.41, 5.74) is 6.47. The molecule has 2 nitrogen and oxygen atoms in total. The van der Waals surface area contributed by atoms with Gasteiger partial charge in [-0.15, -0.1) is 0 Å². The van der Waals surface area contributed by atoms with Gasteiger partial charge in [-0.25, -0.2) is 4.79 Å². The molecule has 0 fully saturated rings. The van der Waals surface area contributed by atoms with E-state index in [0.29, 0.717) is 5.57 Å². The average molecular weight is 433 g/mol. The Balaban J connectivity index is 4.65. The SMILES string of the molecule is CC(C)=CCC/C(C)=C/C=C/C(C)=C/C=C/C=C(C)/C=C/C=C(C)/C=C/C=C(\C)C(=O)O. The predicted octanol–water partition coefficient (Wildman–Crippen LogP) is 8.77. The molecule has 0 saturated carbocycles. The van der Waals surface area contributed by atoms with Gasteiger partial charge in [0.05, 0.1) is 0 Å². The summed E-state index contributed by atoms with van der Waals surface area (Å²) in [6.07, 6.45) is 30.4. The lowest BCUT2D eigenvalue weighted by molar-refractivity contribution is -0.132.